The number of allylic oxidation sites excluding steroid dienone is 4. The van der Waals surface area contributed by atoms with Gasteiger partial charge in [0.2, 0.25) is 5.78 Å². The molecule has 2 aliphatic rings. The van der Waals surface area contributed by atoms with Gasteiger partial charge < -0.3 is 20.4 Å². The number of aliphatic hydroxyl groups is 1. The molecule has 4 N–H and O–H groups in total. The number of aromatic carboxylic acids is 1. The molecule has 0 fully saturated rings. The standard InChI is InChI=1S/C20H14O6/c21-15-5-11-12-6-16(22)18(24)8-14(12)19(13(11)7-17(15)23)9-1-3-10(4-2-9)20(25)26/h1-5,7-8,19,21,23-24H,6H2,(H,25,26). The molecule has 4 rings (SSSR count). The van der Waals surface area contributed by atoms with Gasteiger partial charge in [-0.25, -0.2) is 4.79 Å². The Bertz CT molecular complexity index is 1030. The van der Waals surface area contributed by atoms with Crippen LogP contribution in [0.2, 0.25) is 0 Å². The fraction of sp³-hybridized carbons (Fsp3) is 0.100. The summed E-state index contributed by atoms with van der Waals surface area (Å²) in [6.07, 6.45) is 1.41. The number of rotatable bonds is 2. The van der Waals surface area contributed by atoms with Gasteiger partial charge in [0, 0.05) is 12.3 Å². The molecule has 0 spiro atoms. The summed E-state index contributed by atoms with van der Waals surface area (Å²) < 4.78 is 0. The Morgan fingerprint density at radius 2 is 1.65 bits per heavy atom. The average Bonchev–Trinajstić information content (AvgIpc) is 2.88. The highest BCUT2D eigenvalue weighted by atomic mass is 16.4. The smallest absolute Gasteiger partial charge is 0.335 e. The van der Waals surface area contributed by atoms with Crippen LogP contribution in [-0.4, -0.2) is 32.2 Å². The van der Waals surface area contributed by atoms with Crippen LogP contribution in [0.1, 0.15) is 39.4 Å². The van der Waals surface area contributed by atoms with Gasteiger partial charge in [0.25, 0.3) is 0 Å². The Hall–Kier alpha value is -3.54. The maximum absolute atomic E-state index is 11.9. The molecular formula is C20H14O6. The first-order valence-electron chi connectivity index (χ1n) is 7.93. The molecular weight excluding hydrogens is 336 g/mol. The topological polar surface area (TPSA) is 115 Å². The Morgan fingerprint density at radius 1 is 1.00 bits per heavy atom. The Balaban J connectivity index is 1.92. The van der Waals surface area contributed by atoms with Crippen LogP contribution in [0.25, 0.3) is 5.57 Å². The van der Waals surface area contributed by atoms with Crippen molar-refractivity contribution in [1.82, 2.24) is 0 Å². The van der Waals surface area contributed by atoms with Crippen molar-refractivity contribution >= 4 is 17.3 Å². The van der Waals surface area contributed by atoms with Gasteiger partial charge in [-0.3, -0.25) is 4.79 Å². The second-order valence-electron chi connectivity index (χ2n) is 6.35. The number of phenols is 2. The largest absolute Gasteiger partial charge is 0.504 e. The summed E-state index contributed by atoms with van der Waals surface area (Å²) in [6, 6.07) is 9.14. The van der Waals surface area contributed by atoms with Crippen LogP contribution in [0, 0.1) is 0 Å². The number of Topliss-reactive ketones (excluding diaryl/α,β-unsaturated/α-hetero) is 1. The molecule has 0 amide bonds. The van der Waals surface area contributed by atoms with Crippen molar-refractivity contribution in [2.45, 2.75) is 12.3 Å². The zero-order valence-electron chi connectivity index (χ0n) is 13.4. The van der Waals surface area contributed by atoms with Crippen LogP contribution >= 0.6 is 0 Å². The van der Waals surface area contributed by atoms with Crippen LogP contribution < -0.4 is 0 Å². The van der Waals surface area contributed by atoms with E-state index in [9.17, 15) is 24.9 Å². The molecule has 130 valence electrons. The first-order chi connectivity index (χ1) is 12.4. The summed E-state index contributed by atoms with van der Waals surface area (Å²) >= 11 is 0. The number of benzene rings is 2. The molecule has 0 aromatic heterocycles. The molecule has 0 saturated heterocycles. The molecule has 0 heterocycles. The van der Waals surface area contributed by atoms with E-state index in [1.54, 1.807) is 12.1 Å². The Morgan fingerprint density at radius 3 is 2.31 bits per heavy atom. The van der Waals surface area contributed by atoms with E-state index in [4.69, 9.17) is 5.11 Å². The van der Waals surface area contributed by atoms with Crippen molar-refractivity contribution in [3.63, 3.8) is 0 Å². The van der Waals surface area contributed by atoms with E-state index in [1.807, 2.05) is 0 Å². The lowest BCUT2D eigenvalue weighted by Gasteiger charge is -2.18. The number of aliphatic hydroxyl groups excluding tert-OH is 1. The van der Waals surface area contributed by atoms with E-state index in [2.05, 4.69) is 0 Å². The predicted molar refractivity (Wildman–Crippen MR) is 92.3 cm³/mol. The van der Waals surface area contributed by atoms with Gasteiger partial charge in [-0.15, -0.1) is 0 Å². The molecule has 2 aromatic rings. The molecule has 26 heavy (non-hydrogen) atoms. The lowest BCUT2D eigenvalue weighted by atomic mass is 9.86. The van der Waals surface area contributed by atoms with Crippen molar-refractivity contribution in [2.75, 3.05) is 0 Å². The average molecular weight is 350 g/mol. The van der Waals surface area contributed by atoms with Crippen LogP contribution in [0.3, 0.4) is 0 Å². The highest BCUT2D eigenvalue weighted by Crippen LogP contribution is 2.51. The summed E-state index contributed by atoms with van der Waals surface area (Å²) in [4.78, 5) is 23.0. The highest BCUT2D eigenvalue weighted by Gasteiger charge is 2.36. The fourth-order valence-corrected chi connectivity index (χ4v) is 3.61. The summed E-state index contributed by atoms with van der Waals surface area (Å²) in [5, 5.41) is 38.7. The normalized spacial score (nSPS) is 18.4. The van der Waals surface area contributed by atoms with Gasteiger partial charge >= 0.3 is 5.97 Å². The second kappa shape index (κ2) is 5.49. The third-order valence-corrected chi connectivity index (χ3v) is 4.85. The van der Waals surface area contributed by atoms with Crippen LogP contribution in [0.5, 0.6) is 11.5 Å². The van der Waals surface area contributed by atoms with Crippen molar-refractivity contribution in [3.05, 3.63) is 76.1 Å². The van der Waals surface area contributed by atoms with Crippen molar-refractivity contribution in [2.24, 2.45) is 0 Å². The Kier molecular flexibility index (Phi) is 3.37. The van der Waals surface area contributed by atoms with E-state index in [0.717, 1.165) is 5.56 Å². The minimum atomic E-state index is -1.04. The zero-order chi connectivity index (χ0) is 18.6. The monoisotopic (exact) mass is 350 g/mol. The van der Waals surface area contributed by atoms with Gasteiger partial charge in [-0.2, -0.15) is 0 Å². The maximum Gasteiger partial charge on any atom is 0.335 e. The first kappa shape index (κ1) is 16.0. The quantitative estimate of drug-likeness (QED) is 0.619. The van der Waals surface area contributed by atoms with E-state index >= 15 is 0 Å². The number of phenolic OH excluding ortho intramolecular Hbond substituents is 2. The van der Waals surface area contributed by atoms with Gasteiger partial charge in [0.05, 0.1) is 5.56 Å². The predicted octanol–water partition coefficient (Wildman–Crippen LogP) is 3.11. The van der Waals surface area contributed by atoms with Crippen LogP contribution in [0.4, 0.5) is 0 Å². The second-order valence-corrected chi connectivity index (χ2v) is 6.35. The molecule has 0 radical (unpaired) electrons. The molecule has 1 unspecified atom stereocenters. The maximum atomic E-state index is 11.9. The first-order valence-corrected chi connectivity index (χ1v) is 7.93. The van der Waals surface area contributed by atoms with E-state index in [0.29, 0.717) is 22.3 Å². The van der Waals surface area contributed by atoms with Crippen molar-refractivity contribution in [3.8, 4) is 11.5 Å². The SMILES string of the molecule is O=C1CC2=C(C=C1O)C(c1ccc(C(=O)O)cc1)c1cc(O)c(O)cc12. The molecule has 0 saturated carbocycles. The summed E-state index contributed by atoms with van der Waals surface area (Å²) in [5.41, 5.74) is 3.61. The molecule has 2 aromatic carbocycles. The Labute approximate surface area is 148 Å². The van der Waals surface area contributed by atoms with Crippen molar-refractivity contribution < 1.29 is 30.0 Å². The minimum absolute atomic E-state index is 0.00140. The third-order valence-electron chi connectivity index (χ3n) is 4.85. The highest BCUT2D eigenvalue weighted by molar-refractivity contribution is 6.06. The number of hydrogen-bond donors (Lipinski definition) is 4. The number of aromatic hydroxyl groups is 2. The number of carbonyl (C=O) groups excluding carboxylic acids is 1. The molecule has 0 aliphatic heterocycles. The van der Waals surface area contributed by atoms with Gasteiger partial charge in [0.15, 0.2) is 17.3 Å². The van der Waals surface area contributed by atoms with Crippen LogP contribution in [-0.2, 0) is 4.79 Å². The summed E-state index contributed by atoms with van der Waals surface area (Å²) in [7, 11) is 0. The van der Waals surface area contributed by atoms with E-state index < -0.39 is 11.8 Å². The summed E-state index contributed by atoms with van der Waals surface area (Å²) in [5.74, 6) is -2.74. The zero-order valence-corrected chi connectivity index (χ0v) is 13.4. The van der Waals surface area contributed by atoms with Gasteiger partial charge in [0.1, 0.15) is 0 Å². The molecule has 1 atom stereocenters. The van der Waals surface area contributed by atoms with E-state index in [-0.39, 0.29) is 35.2 Å². The number of hydrogen-bond acceptors (Lipinski definition) is 5. The molecule has 6 nitrogen and oxygen atoms in total. The number of ketones is 1. The van der Waals surface area contributed by atoms with Gasteiger partial charge in [-0.05, 0) is 58.2 Å². The number of carbonyl (C=O) groups is 2. The minimum Gasteiger partial charge on any atom is -0.504 e. The number of fused-ring (bicyclic) bond motifs is 2. The lowest BCUT2D eigenvalue weighted by Crippen LogP contribution is -2.10. The molecule has 0 bridgehead atoms. The van der Waals surface area contributed by atoms with Crippen molar-refractivity contribution in [1.29, 1.82) is 0 Å². The fourth-order valence-electron chi connectivity index (χ4n) is 3.61. The molecule has 2 aliphatic carbocycles. The van der Waals surface area contributed by atoms with Crippen LogP contribution in [0.15, 0.2) is 53.8 Å². The lowest BCUT2D eigenvalue weighted by molar-refractivity contribution is -0.117. The van der Waals surface area contributed by atoms with E-state index in [1.165, 1.54) is 30.3 Å². The summed E-state index contributed by atoms with van der Waals surface area (Å²) in [6.45, 7) is 0. The molecule has 6 heteroatoms. The van der Waals surface area contributed by atoms with Gasteiger partial charge in [-0.1, -0.05) is 12.1 Å². The third kappa shape index (κ3) is 2.27. The number of carboxylic acids is 1. The number of carboxylic acid groups (broad SMARTS) is 1.